The second kappa shape index (κ2) is 9.70. The molecule has 0 saturated carbocycles. The van der Waals surface area contributed by atoms with Crippen molar-refractivity contribution in [1.29, 1.82) is 0 Å². The molecule has 1 amide bonds. The average Bonchev–Trinajstić information content (AvgIpc) is 3.15. The van der Waals surface area contributed by atoms with Gasteiger partial charge in [0.1, 0.15) is 5.56 Å². The van der Waals surface area contributed by atoms with Gasteiger partial charge in [-0.2, -0.15) is 0 Å². The first kappa shape index (κ1) is 21.1. The van der Waals surface area contributed by atoms with Crippen molar-refractivity contribution in [2.45, 2.75) is 71.6 Å². The minimum atomic E-state index is -0.223. The molecule has 1 atom stereocenters. The number of nitrogens with one attached hydrogen (secondary N) is 1. The molecule has 0 bridgehead atoms. The number of aromatic nitrogens is 1. The van der Waals surface area contributed by atoms with Gasteiger partial charge in [0.05, 0.1) is 6.10 Å². The fourth-order valence-corrected chi connectivity index (χ4v) is 4.11. The molecule has 1 unspecified atom stereocenters. The first-order valence-electron chi connectivity index (χ1n) is 10.8. The Bertz CT molecular complexity index is 714. The highest BCUT2D eigenvalue weighted by atomic mass is 16.5. The van der Waals surface area contributed by atoms with Crippen molar-refractivity contribution < 1.29 is 9.53 Å². The molecule has 0 aromatic carbocycles. The van der Waals surface area contributed by atoms with Crippen LogP contribution in [0.5, 0.6) is 0 Å². The van der Waals surface area contributed by atoms with E-state index in [0.29, 0.717) is 24.1 Å². The van der Waals surface area contributed by atoms with Crippen molar-refractivity contribution in [2.24, 2.45) is 5.92 Å². The van der Waals surface area contributed by atoms with Crippen LogP contribution in [0.4, 0.5) is 0 Å². The largest absolute Gasteiger partial charge is 0.377 e. The summed E-state index contributed by atoms with van der Waals surface area (Å²) in [6.45, 7) is 10.6. The molecule has 0 radical (unpaired) electrons. The van der Waals surface area contributed by atoms with Crippen molar-refractivity contribution in [3.63, 3.8) is 0 Å². The topological polar surface area (TPSA) is 63.6 Å². The number of ether oxygens (including phenoxy) is 1. The fourth-order valence-electron chi connectivity index (χ4n) is 4.11. The van der Waals surface area contributed by atoms with Crippen LogP contribution in [-0.4, -0.2) is 53.8 Å². The average molecular weight is 390 g/mol. The third-order valence-corrected chi connectivity index (χ3v) is 5.96. The Balaban J connectivity index is 1.56. The zero-order chi connectivity index (χ0) is 20.1. The number of carbonyl (C=O) groups is 1. The molecule has 2 fully saturated rings. The predicted octanol–water partition coefficient (Wildman–Crippen LogP) is 2.58. The molecular formula is C22H35N3O3. The van der Waals surface area contributed by atoms with Gasteiger partial charge in [-0.1, -0.05) is 13.8 Å². The van der Waals surface area contributed by atoms with Crippen molar-refractivity contribution in [3.05, 3.63) is 33.7 Å². The number of hydrogen-bond donors (Lipinski definition) is 1. The summed E-state index contributed by atoms with van der Waals surface area (Å²) in [6, 6.07) is 2.01. The van der Waals surface area contributed by atoms with Gasteiger partial charge in [-0.05, 0) is 56.6 Å². The van der Waals surface area contributed by atoms with Crippen LogP contribution in [0, 0.1) is 12.8 Å². The van der Waals surface area contributed by atoms with E-state index >= 15 is 0 Å². The van der Waals surface area contributed by atoms with Crippen LogP contribution in [0.1, 0.15) is 61.9 Å². The Morgan fingerprint density at radius 3 is 2.68 bits per heavy atom. The number of rotatable bonds is 7. The van der Waals surface area contributed by atoms with E-state index in [1.165, 1.54) is 6.42 Å². The maximum Gasteiger partial charge on any atom is 0.263 e. The number of amides is 1. The van der Waals surface area contributed by atoms with Crippen LogP contribution in [0.15, 0.2) is 17.1 Å². The summed E-state index contributed by atoms with van der Waals surface area (Å²) in [5, 5.41) is 3.11. The molecular weight excluding hydrogens is 354 g/mol. The molecule has 0 aliphatic carbocycles. The molecule has 3 heterocycles. The normalized spacial score (nSPS) is 21.4. The van der Waals surface area contributed by atoms with E-state index < -0.39 is 0 Å². The lowest BCUT2D eigenvalue weighted by Crippen LogP contribution is -2.47. The molecule has 1 N–H and O–H groups in total. The van der Waals surface area contributed by atoms with Crippen LogP contribution in [0.2, 0.25) is 0 Å². The standard InChI is InChI=1S/C22H35N3O3/c1-16(2)6-12-25-13-7-17(3)20(22(25)27)21(26)23-18-8-10-24(11-9-18)15-19-5-4-14-28-19/h7,13,16,18-19H,4-6,8-12,14-15H2,1-3H3,(H,23,26). The first-order valence-corrected chi connectivity index (χ1v) is 10.8. The molecule has 1 aromatic heterocycles. The van der Waals surface area contributed by atoms with E-state index in [2.05, 4.69) is 24.1 Å². The van der Waals surface area contributed by atoms with Gasteiger partial charge in [0.2, 0.25) is 0 Å². The molecule has 156 valence electrons. The molecule has 2 aliphatic rings. The van der Waals surface area contributed by atoms with Gasteiger partial charge < -0.3 is 19.5 Å². The fraction of sp³-hybridized carbons (Fsp3) is 0.727. The van der Waals surface area contributed by atoms with Crippen LogP contribution in [0.3, 0.4) is 0 Å². The zero-order valence-electron chi connectivity index (χ0n) is 17.6. The summed E-state index contributed by atoms with van der Waals surface area (Å²) >= 11 is 0. The maximum absolute atomic E-state index is 12.8. The molecule has 2 aliphatic heterocycles. The Hall–Kier alpha value is -1.66. The Labute approximate surface area is 168 Å². The monoisotopic (exact) mass is 389 g/mol. The van der Waals surface area contributed by atoms with Crippen LogP contribution in [-0.2, 0) is 11.3 Å². The van der Waals surface area contributed by atoms with E-state index in [0.717, 1.165) is 57.5 Å². The zero-order valence-corrected chi connectivity index (χ0v) is 17.6. The van der Waals surface area contributed by atoms with Crippen molar-refractivity contribution >= 4 is 5.91 Å². The van der Waals surface area contributed by atoms with Crippen molar-refractivity contribution in [3.8, 4) is 0 Å². The summed E-state index contributed by atoms with van der Waals surface area (Å²) in [5.41, 5.74) is 0.876. The molecule has 0 spiro atoms. The van der Waals surface area contributed by atoms with E-state index in [-0.39, 0.29) is 17.5 Å². The molecule has 28 heavy (non-hydrogen) atoms. The summed E-state index contributed by atoms with van der Waals surface area (Å²) in [4.78, 5) is 28.1. The number of aryl methyl sites for hydroxylation is 2. The van der Waals surface area contributed by atoms with E-state index in [1.807, 2.05) is 13.0 Å². The second-order valence-electron chi connectivity index (χ2n) is 8.74. The van der Waals surface area contributed by atoms with Crippen molar-refractivity contribution in [2.75, 3.05) is 26.2 Å². The SMILES string of the molecule is Cc1ccn(CCC(C)C)c(=O)c1C(=O)NC1CCN(CC2CCCO2)CC1. The lowest BCUT2D eigenvalue weighted by atomic mass is 10.0. The van der Waals surface area contributed by atoms with Crippen molar-refractivity contribution in [1.82, 2.24) is 14.8 Å². The quantitative estimate of drug-likeness (QED) is 0.779. The molecule has 1 aromatic rings. The highest BCUT2D eigenvalue weighted by Crippen LogP contribution is 2.17. The molecule has 2 saturated heterocycles. The Morgan fingerprint density at radius 2 is 2.04 bits per heavy atom. The smallest absolute Gasteiger partial charge is 0.263 e. The minimum absolute atomic E-state index is 0.136. The first-order chi connectivity index (χ1) is 13.4. The highest BCUT2D eigenvalue weighted by Gasteiger charge is 2.26. The third-order valence-electron chi connectivity index (χ3n) is 5.96. The van der Waals surface area contributed by atoms with E-state index in [4.69, 9.17) is 4.74 Å². The number of pyridine rings is 1. The summed E-state index contributed by atoms with van der Waals surface area (Å²) in [6.07, 6.45) is 7.28. The highest BCUT2D eigenvalue weighted by molar-refractivity contribution is 5.95. The van der Waals surface area contributed by atoms with Gasteiger partial charge >= 0.3 is 0 Å². The van der Waals surface area contributed by atoms with E-state index in [1.54, 1.807) is 10.8 Å². The maximum atomic E-state index is 12.8. The lowest BCUT2D eigenvalue weighted by molar-refractivity contribution is 0.0612. The van der Waals surface area contributed by atoms with Crippen LogP contribution in [0.25, 0.3) is 0 Å². The number of carbonyl (C=O) groups excluding carboxylic acids is 1. The lowest BCUT2D eigenvalue weighted by Gasteiger charge is -2.33. The second-order valence-corrected chi connectivity index (χ2v) is 8.74. The van der Waals surface area contributed by atoms with E-state index in [9.17, 15) is 9.59 Å². The molecule has 3 rings (SSSR count). The van der Waals surface area contributed by atoms with Gasteiger partial charge in [-0.25, -0.2) is 0 Å². The Kier molecular flexibility index (Phi) is 7.30. The molecule has 6 nitrogen and oxygen atoms in total. The summed E-state index contributed by atoms with van der Waals surface area (Å²) in [7, 11) is 0. The number of likely N-dealkylation sites (tertiary alicyclic amines) is 1. The summed E-state index contributed by atoms with van der Waals surface area (Å²) < 4.78 is 7.40. The number of piperidine rings is 1. The van der Waals surface area contributed by atoms with Gasteiger partial charge in [-0.3, -0.25) is 9.59 Å². The summed E-state index contributed by atoms with van der Waals surface area (Å²) in [5.74, 6) is 0.296. The van der Waals surface area contributed by atoms with Gasteiger partial charge in [0.25, 0.3) is 11.5 Å². The minimum Gasteiger partial charge on any atom is -0.377 e. The van der Waals surface area contributed by atoms with Crippen LogP contribution >= 0.6 is 0 Å². The predicted molar refractivity (Wildman–Crippen MR) is 111 cm³/mol. The molecule has 6 heteroatoms. The number of hydrogen-bond acceptors (Lipinski definition) is 4. The number of nitrogens with zero attached hydrogens (tertiary/aromatic N) is 2. The van der Waals surface area contributed by atoms with Gasteiger partial charge in [0, 0.05) is 45.0 Å². The third kappa shape index (κ3) is 5.45. The van der Waals surface area contributed by atoms with Gasteiger partial charge in [0.15, 0.2) is 0 Å². The van der Waals surface area contributed by atoms with Crippen LogP contribution < -0.4 is 10.9 Å². The van der Waals surface area contributed by atoms with Gasteiger partial charge in [-0.15, -0.1) is 0 Å². The Morgan fingerprint density at radius 1 is 1.29 bits per heavy atom.